The minimum Gasteiger partial charge on any atom is -0.322 e. The van der Waals surface area contributed by atoms with Crippen molar-refractivity contribution in [2.75, 3.05) is 38.5 Å². The molecule has 42 heavy (non-hydrogen) atoms. The monoisotopic (exact) mass is 576 g/mol. The Kier molecular flexibility index (Phi) is 8.66. The molecule has 9 heteroatoms. The molecule has 0 saturated carbocycles. The van der Waals surface area contributed by atoms with Gasteiger partial charge in [0.2, 0.25) is 0 Å². The van der Waals surface area contributed by atoms with Crippen LogP contribution in [0.1, 0.15) is 40.4 Å². The maximum atomic E-state index is 14.7. The maximum Gasteiger partial charge on any atom is 0.416 e. The number of anilines is 1. The highest BCUT2D eigenvalue weighted by Gasteiger charge is 2.34. The molecule has 0 spiro atoms. The highest BCUT2D eigenvalue weighted by atomic mass is 19.4. The molecule has 1 N–H and O–H groups in total. The van der Waals surface area contributed by atoms with Gasteiger partial charge in [-0.05, 0) is 79.4 Å². The van der Waals surface area contributed by atoms with Gasteiger partial charge in [-0.1, -0.05) is 31.1 Å². The molecule has 1 fully saturated rings. The van der Waals surface area contributed by atoms with Crippen LogP contribution in [-0.2, 0) is 12.7 Å². The summed E-state index contributed by atoms with van der Waals surface area (Å²) in [6, 6.07) is 7.57. The van der Waals surface area contributed by atoms with E-state index in [1.165, 1.54) is 24.3 Å². The lowest BCUT2D eigenvalue weighted by Crippen LogP contribution is -2.44. The second kappa shape index (κ2) is 12.4. The quantitative estimate of drug-likeness (QED) is 0.338. The predicted molar refractivity (Wildman–Crippen MR) is 156 cm³/mol. The number of alkyl halides is 3. The van der Waals surface area contributed by atoms with Gasteiger partial charge in [-0.3, -0.25) is 9.69 Å². The molecule has 1 unspecified atom stereocenters. The third-order valence-electron chi connectivity index (χ3n) is 7.51. The first kappa shape index (κ1) is 29.4. The van der Waals surface area contributed by atoms with Crippen LogP contribution in [0.4, 0.5) is 23.2 Å². The highest BCUT2D eigenvalue weighted by Crippen LogP contribution is 2.35. The number of carbonyl (C=O) groups is 1. The number of nitrogens with one attached hydrogen (secondary N) is 1. The Hall–Kier alpha value is -4.13. The third kappa shape index (κ3) is 7.01. The van der Waals surface area contributed by atoms with Crippen molar-refractivity contribution >= 4 is 11.6 Å². The topological polar surface area (TPSA) is 38.8 Å². The van der Waals surface area contributed by atoms with Gasteiger partial charge in [0, 0.05) is 55.9 Å². The second-order valence-corrected chi connectivity index (χ2v) is 10.8. The summed E-state index contributed by atoms with van der Waals surface area (Å²) in [5.74, 6) is 4.85. The normalized spacial score (nSPS) is 19.3. The lowest BCUT2D eigenvalue weighted by molar-refractivity contribution is -0.138. The molecule has 2 aromatic carbocycles. The first-order valence-corrected chi connectivity index (χ1v) is 13.9. The van der Waals surface area contributed by atoms with Crippen LogP contribution in [0.3, 0.4) is 0 Å². The molecule has 1 saturated heterocycles. The number of piperazine rings is 1. The maximum absolute atomic E-state index is 14.7. The molecule has 0 radical (unpaired) electrons. The number of allylic oxidation sites excluding steroid dienone is 6. The third-order valence-corrected chi connectivity index (χ3v) is 7.51. The Balaban J connectivity index is 1.35. The Labute approximate surface area is 243 Å². The van der Waals surface area contributed by atoms with Crippen molar-refractivity contribution in [3.8, 4) is 11.8 Å². The molecule has 3 aliphatic heterocycles. The summed E-state index contributed by atoms with van der Waals surface area (Å²) in [6.45, 7) is 5.19. The second-order valence-electron chi connectivity index (χ2n) is 10.8. The molecule has 1 amide bonds. The average molecular weight is 577 g/mol. The lowest BCUT2D eigenvalue weighted by atomic mass is 10.0. The van der Waals surface area contributed by atoms with E-state index in [0.717, 1.165) is 37.3 Å². The fourth-order valence-corrected chi connectivity index (χ4v) is 5.07. The van der Waals surface area contributed by atoms with Crippen LogP contribution in [-0.4, -0.2) is 53.8 Å². The molecule has 1 atom stereocenters. The molecule has 3 aliphatic rings. The summed E-state index contributed by atoms with van der Waals surface area (Å²) in [6.07, 6.45) is 8.07. The van der Waals surface area contributed by atoms with E-state index in [2.05, 4.69) is 35.1 Å². The van der Waals surface area contributed by atoms with Crippen LogP contribution in [0.15, 0.2) is 84.4 Å². The minimum atomic E-state index is -4.58. The molecule has 0 aromatic heterocycles. The Morgan fingerprint density at radius 2 is 1.83 bits per heavy atom. The Bertz CT molecular complexity index is 1540. The summed E-state index contributed by atoms with van der Waals surface area (Å²) >= 11 is 0. The van der Waals surface area contributed by atoms with Crippen LogP contribution in [0.25, 0.3) is 0 Å². The molecule has 3 heterocycles. The van der Waals surface area contributed by atoms with Crippen molar-refractivity contribution in [2.24, 2.45) is 5.92 Å². The number of amides is 1. The van der Waals surface area contributed by atoms with E-state index in [0.29, 0.717) is 18.8 Å². The Morgan fingerprint density at radius 3 is 2.60 bits per heavy atom. The van der Waals surface area contributed by atoms with Crippen LogP contribution in [0.2, 0.25) is 0 Å². The van der Waals surface area contributed by atoms with E-state index < -0.39 is 23.5 Å². The summed E-state index contributed by atoms with van der Waals surface area (Å²) in [5, 5.41) is 2.54. The number of halogens is 4. The highest BCUT2D eigenvalue weighted by molar-refractivity contribution is 6.04. The van der Waals surface area contributed by atoms with Crippen molar-refractivity contribution in [3.63, 3.8) is 0 Å². The van der Waals surface area contributed by atoms with Crippen molar-refractivity contribution in [3.05, 3.63) is 112 Å². The van der Waals surface area contributed by atoms with E-state index in [1.54, 1.807) is 0 Å². The zero-order valence-corrected chi connectivity index (χ0v) is 23.5. The summed E-state index contributed by atoms with van der Waals surface area (Å²) in [7, 11) is 1.99. The number of nitrogens with zero attached hydrogens (tertiary/aromatic N) is 3. The van der Waals surface area contributed by atoms with E-state index in [-0.39, 0.29) is 34.8 Å². The minimum absolute atomic E-state index is 0.00766. The zero-order valence-electron chi connectivity index (χ0n) is 23.5. The molecule has 2 aromatic rings. The van der Waals surface area contributed by atoms with E-state index in [4.69, 9.17) is 0 Å². The van der Waals surface area contributed by atoms with Gasteiger partial charge in [-0.25, -0.2) is 4.39 Å². The molecule has 0 bridgehead atoms. The van der Waals surface area contributed by atoms with Crippen LogP contribution >= 0.6 is 0 Å². The number of carbonyl (C=O) groups excluding carboxylic acids is 1. The van der Waals surface area contributed by atoms with Gasteiger partial charge in [0.1, 0.15) is 5.82 Å². The van der Waals surface area contributed by atoms with E-state index in [1.807, 2.05) is 47.4 Å². The van der Waals surface area contributed by atoms with Gasteiger partial charge in [-0.2, -0.15) is 13.2 Å². The molecular weight excluding hydrogens is 544 g/mol. The molecule has 5 nitrogen and oxygen atoms in total. The fourth-order valence-electron chi connectivity index (χ4n) is 5.07. The Morgan fingerprint density at radius 1 is 1.05 bits per heavy atom. The smallest absolute Gasteiger partial charge is 0.322 e. The molecule has 5 rings (SSSR count). The summed E-state index contributed by atoms with van der Waals surface area (Å²) in [4.78, 5) is 19.1. The van der Waals surface area contributed by atoms with Crippen molar-refractivity contribution in [1.29, 1.82) is 0 Å². The van der Waals surface area contributed by atoms with Crippen LogP contribution in [0, 0.1) is 23.6 Å². The van der Waals surface area contributed by atoms with Gasteiger partial charge in [0.05, 0.1) is 16.8 Å². The van der Waals surface area contributed by atoms with Gasteiger partial charge in [0.25, 0.3) is 5.91 Å². The average Bonchev–Trinajstić information content (AvgIpc) is 3.12. The largest absolute Gasteiger partial charge is 0.416 e. The van der Waals surface area contributed by atoms with Gasteiger partial charge in [-0.15, -0.1) is 0 Å². The van der Waals surface area contributed by atoms with Crippen LogP contribution < -0.4 is 5.32 Å². The molecule has 0 aliphatic carbocycles. The van der Waals surface area contributed by atoms with E-state index >= 15 is 0 Å². The number of fused-ring (bicyclic) bond motifs is 1. The molecule has 218 valence electrons. The van der Waals surface area contributed by atoms with E-state index in [9.17, 15) is 22.4 Å². The van der Waals surface area contributed by atoms with Gasteiger partial charge < -0.3 is 15.1 Å². The number of rotatable bonds is 4. The van der Waals surface area contributed by atoms with Crippen molar-refractivity contribution in [2.45, 2.75) is 26.1 Å². The fraction of sp³-hybridized carbons (Fsp3) is 0.303. The lowest BCUT2D eigenvalue weighted by Gasteiger charge is -2.33. The van der Waals surface area contributed by atoms with Crippen molar-refractivity contribution < 1.29 is 22.4 Å². The SMILES string of the molecule is CC1C=C(C#Cc2cc(C(=O)Nc3ccc(CN4CCN(C)CC4)c(C(F)(F)F)c3)ccc2F)N2C=CC=CC2=CC1. The first-order chi connectivity index (χ1) is 20.1. The summed E-state index contributed by atoms with van der Waals surface area (Å²) < 4.78 is 56.6. The number of hydrogen-bond acceptors (Lipinski definition) is 4. The number of hydrogen-bond donors (Lipinski definition) is 1. The summed E-state index contributed by atoms with van der Waals surface area (Å²) in [5.41, 5.74) is 1.14. The number of benzene rings is 2. The van der Waals surface area contributed by atoms with Gasteiger partial charge in [0.15, 0.2) is 0 Å². The van der Waals surface area contributed by atoms with Crippen LogP contribution in [0.5, 0.6) is 0 Å². The zero-order chi connectivity index (χ0) is 29.9. The van der Waals surface area contributed by atoms with Gasteiger partial charge >= 0.3 is 6.18 Å². The molecular formula is C33H32F4N4O. The standard InChI is InChI=1S/C33H32F4N4O/c1-23-6-11-28-5-3-4-14-41(28)29(19-23)12-8-24-20-25(9-13-31(24)34)32(42)38-27-10-7-26(30(21-27)33(35,36)37)22-40-17-15-39(2)16-18-40/h3-5,7,9-11,13-14,19-21,23H,6,15-18,22H2,1-2H3,(H,38,42). The first-order valence-electron chi connectivity index (χ1n) is 13.9. The predicted octanol–water partition coefficient (Wildman–Crippen LogP) is 6.39. The van der Waals surface area contributed by atoms with Crippen molar-refractivity contribution in [1.82, 2.24) is 14.7 Å². The number of likely N-dealkylation sites (N-methyl/N-ethyl adjacent to an activating group) is 1.